The van der Waals surface area contributed by atoms with E-state index in [2.05, 4.69) is 41.1 Å². The average Bonchev–Trinajstić information content (AvgIpc) is 3.17. The molecule has 4 heteroatoms. The molecule has 0 atom stereocenters. The van der Waals surface area contributed by atoms with Crippen molar-refractivity contribution in [3.05, 3.63) is 30.1 Å². The third-order valence-corrected chi connectivity index (χ3v) is 9.12. The molecule has 6 rings (SSSR count). The molecule has 0 unspecified atom stereocenters. The Bertz CT molecular complexity index is 926. The quantitative estimate of drug-likeness (QED) is 0.323. The first-order valence-electron chi connectivity index (χ1n) is 14.4. The lowest BCUT2D eigenvalue weighted by Crippen LogP contribution is -2.53. The van der Waals surface area contributed by atoms with Crippen LogP contribution in [0, 0.1) is 23.2 Å². The maximum absolute atomic E-state index is 13.3. The number of imidazole rings is 1. The number of fused-ring (bicyclic) bond motifs is 1. The number of nitrogens with one attached hydrogen (secondary N) is 1. The van der Waals surface area contributed by atoms with E-state index in [0.717, 1.165) is 61.3 Å². The molecule has 4 aliphatic carbocycles. The van der Waals surface area contributed by atoms with Crippen LogP contribution in [0.25, 0.3) is 11.0 Å². The molecule has 0 radical (unpaired) electrons. The van der Waals surface area contributed by atoms with E-state index in [1.54, 1.807) is 0 Å². The van der Waals surface area contributed by atoms with E-state index in [1.165, 1.54) is 76.1 Å². The van der Waals surface area contributed by atoms with E-state index in [9.17, 15) is 4.79 Å². The minimum Gasteiger partial charge on any atom is -0.355 e. The third kappa shape index (κ3) is 5.21. The van der Waals surface area contributed by atoms with Gasteiger partial charge in [-0.2, -0.15) is 0 Å². The molecule has 4 fully saturated rings. The van der Waals surface area contributed by atoms with E-state index in [0.29, 0.717) is 12.5 Å². The first kappa shape index (κ1) is 23.9. The molecular formula is C30H45N3O. The molecule has 1 aromatic carbocycles. The fourth-order valence-corrected chi connectivity index (χ4v) is 7.83. The Morgan fingerprint density at radius 3 is 2.24 bits per heavy atom. The highest BCUT2D eigenvalue weighted by Crippen LogP contribution is 2.60. The Kier molecular flexibility index (Phi) is 7.61. The number of nitrogens with zero attached hydrogens (tertiary/aromatic N) is 2. The number of aromatic nitrogens is 2. The zero-order valence-electron chi connectivity index (χ0n) is 21.4. The first-order valence-corrected chi connectivity index (χ1v) is 14.4. The van der Waals surface area contributed by atoms with Gasteiger partial charge in [-0.3, -0.25) is 4.79 Å². The summed E-state index contributed by atoms with van der Waals surface area (Å²) in [6.07, 6.45) is 19.1. The van der Waals surface area contributed by atoms with Crippen LogP contribution in [0.4, 0.5) is 0 Å². The monoisotopic (exact) mass is 463 g/mol. The average molecular weight is 464 g/mol. The Morgan fingerprint density at radius 2 is 1.56 bits per heavy atom. The normalized spacial score (nSPS) is 27.5. The van der Waals surface area contributed by atoms with E-state index >= 15 is 0 Å². The summed E-state index contributed by atoms with van der Waals surface area (Å²) < 4.78 is 2.42. The molecule has 1 N–H and O–H groups in total. The van der Waals surface area contributed by atoms with Crippen LogP contribution in [0.5, 0.6) is 0 Å². The predicted molar refractivity (Wildman–Crippen MR) is 140 cm³/mol. The molecule has 0 aliphatic heterocycles. The minimum atomic E-state index is -0.0496. The van der Waals surface area contributed by atoms with Crippen molar-refractivity contribution < 1.29 is 4.79 Å². The summed E-state index contributed by atoms with van der Waals surface area (Å²) in [5.74, 6) is 3.92. The van der Waals surface area contributed by atoms with Crippen LogP contribution in [0.1, 0.15) is 103 Å². The summed E-state index contributed by atoms with van der Waals surface area (Å²) in [7, 11) is 0. The lowest BCUT2D eigenvalue weighted by atomic mass is 9.49. The fourth-order valence-electron chi connectivity index (χ4n) is 7.83. The van der Waals surface area contributed by atoms with Gasteiger partial charge >= 0.3 is 0 Å². The molecule has 186 valence electrons. The predicted octanol–water partition coefficient (Wildman–Crippen LogP) is 7.05. The van der Waals surface area contributed by atoms with Gasteiger partial charge in [0.05, 0.1) is 11.0 Å². The molecule has 1 amide bonds. The topological polar surface area (TPSA) is 46.9 Å². The van der Waals surface area contributed by atoms with E-state index in [1.807, 2.05) is 0 Å². The number of hydrogen-bond donors (Lipinski definition) is 1. The maximum atomic E-state index is 13.3. The van der Waals surface area contributed by atoms with Crippen LogP contribution in [0.3, 0.4) is 0 Å². The zero-order chi connectivity index (χ0) is 23.4. The standard InChI is InChI=1S/C30H45N3O/c1-2-3-4-5-6-7-8-11-16-33-27-13-10-9-12-26(27)32-28(33)14-15-31-29(34)30-20-23-17-24(21-30)19-25(18-23)22-30/h9-10,12-13,23-25H,2-8,11,14-22H2,1H3,(H,31,34). The second-order valence-corrected chi connectivity index (χ2v) is 11.8. The van der Waals surface area contributed by atoms with E-state index < -0.39 is 0 Å². The van der Waals surface area contributed by atoms with Gasteiger partial charge < -0.3 is 9.88 Å². The third-order valence-electron chi connectivity index (χ3n) is 9.12. The van der Waals surface area contributed by atoms with Crippen LogP contribution in [0.2, 0.25) is 0 Å². The van der Waals surface area contributed by atoms with Crippen molar-refractivity contribution in [3.63, 3.8) is 0 Å². The van der Waals surface area contributed by atoms with Crippen molar-refractivity contribution >= 4 is 16.9 Å². The van der Waals surface area contributed by atoms with Gasteiger partial charge in [-0.25, -0.2) is 4.98 Å². The van der Waals surface area contributed by atoms with Gasteiger partial charge in [0.1, 0.15) is 5.82 Å². The Hall–Kier alpha value is -1.84. The van der Waals surface area contributed by atoms with Crippen molar-refractivity contribution in [1.29, 1.82) is 0 Å². The van der Waals surface area contributed by atoms with Gasteiger partial charge in [0.2, 0.25) is 5.91 Å². The van der Waals surface area contributed by atoms with E-state index in [4.69, 9.17) is 4.98 Å². The highest BCUT2D eigenvalue weighted by atomic mass is 16.2. The molecule has 1 heterocycles. The largest absolute Gasteiger partial charge is 0.355 e. The highest BCUT2D eigenvalue weighted by Gasteiger charge is 2.54. The van der Waals surface area contributed by atoms with Crippen LogP contribution in [-0.2, 0) is 17.8 Å². The molecule has 34 heavy (non-hydrogen) atoms. The minimum absolute atomic E-state index is 0.0496. The second-order valence-electron chi connectivity index (χ2n) is 11.8. The molecule has 0 spiro atoms. The number of carbonyl (C=O) groups excluding carboxylic acids is 1. The highest BCUT2D eigenvalue weighted by molar-refractivity contribution is 5.83. The van der Waals surface area contributed by atoms with Crippen LogP contribution >= 0.6 is 0 Å². The van der Waals surface area contributed by atoms with Crippen LogP contribution in [-0.4, -0.2) is 22.0 Å². The number of para-hydroxylation sites is 2. The molecule has 2 aromatic rings. The fraction of sp³-hybridized carbons (Fsp3) is 0.733. The number of hydrogen-bond acceptors (Lipinski definition) is 2. The number of rotatable bonds is 13. The second kappa shape index (κ2) is 10.8. The van der Waals surface area contributed by atoms with Gasteiger partial charge in [0.15, 0.2) is 0 Å². The molecule has 4 bridgehead atoms. The number of unbranched alkanes of at least 4 members (excludes halogenated alkanes) is 7. The first-order chi connectivity index (χ1) is 16.7. The molecule has 4 aliphatic rings. The van der Waals surface area contributed by atoms with Gasteiger partial charge in [-0.15, -0.1) is 0 Å². The van der Waals surface area contributed by atoms with Gasteiger partial charge in [-0.1, -0.05) is 64.0 Å². The molecule has 4 nitrogen and oxygen atoms in total. The van der Waals surface area contributed by atoms with Crippen LogP contribution < -0.4 is 5.32 Å². The SMILES string of the molecule is CCCCCCCCCCn1c(CCNC(=O)C23CC4CC(CC(C4)C2)C3)nc2ccccc21. The van der Waals surface area contributed by atoms with E-state index in [-0.39, 0.29) is 5.41 Å². The van der Waals surface area contributed by atoms with Crippen molar-refractivity contribution in [2.75, 3.05) is 6.54 Å². The number of carbonyl (C=O) groups is 1. The lowest BCUT2D eigenvalue weighted by Gasteiger charge is -2.55. The van der Waals surface area contributed by atoms with Crippen molar-refractivity contribution in [3.8, 4) is 0 Å². The maximum Gasteiger partial charge on any atom is 0.226 e. The summed E-state index contributed by atoms with van der Waals surface area (Å²) in [6.45, 7) is 4.02. The summed E-state index contributed by atoms with van der Waals surface area (Å²) in [5, 5.41) is 3.37. The molecule has 0 saturated heterocycles. The number of amides is 1. The Labute approximate surface area is 206 Å². The summed E-state index contributed by atoms with van der Waals surface area (Å²) >= 11 is 0. The zero-order valence-corrected chi connectivity index (χ0v) is 21.4. The van der Waals surface area contributed by atoms with Gasteiger partial charge in [0.25, 0.3) is 0 Å². The molecule has 4 saturated carbocycles. The van der Waals surface area contributed by atoms with Crippen molar-refractivity contribution in [1.82, 2.24) is 14.9 Å². The lowest BCUT2D eigenvalue weighted by molar-refractivity contribution is -0.146. The van der Waals surface area contributed by atoms with Crippen molar-refractivity contribution in [2.45, 2.75) is 110 Å². The van der Waals surface area contributed by atoms with Crippen molar-refractivity contribution in [2.24, 2.45) is 23.2 Å². The number of aryl methyl sites for hydroxylation is 1. The Balaban J connectivity index is 1.14. The van der Waals surface area contributed by atoms with Crippen LogP contribution in [0.15, 0.2) is 24.3 Å². The summed E-state index contributed by atoms with van der Waals surface area (Å²) in [4.78, 5) is 18.3. The smallest absolute Gasteiger partial charge is 0.226 e. The Morgan fingerprint density at radius 1 is 0.941 bits per heavy atom. The summed E-state index contributed by atoms with van der Waals surface area (Å²) in [5.41, 5.74) is 2.28. The van der Waals surface area contributed by atoms with Gasteiger partial charge in [-0.05, 0) is 74.8 Å². The molecular weight excluding hydrogens is 418 g/mol. The van der Waals surface area contributed by atoms with Gasteiger partial charge in [0, 0.05) is 24.9 Å². The molecule has 1 aromatic heterocycles. The summed E-state index contributed by atoms with van der Waals surface area (Å²) in [6, 6.07) is 8.52. The number of benzene rings is 1.